The van der Waals surface area contributed by atoms with Gasteiger partial charge in [0.1, 0.15) is 11.8 Å². The highest BCUT2D eigenvalue weighted by Gasteiger charge is 2.09. The molecule has 0 aromatic heterocycles. The van der Waals surface area contributed by atoms with Crippen molar-refractivity contribution in [2.45, 2.75) is 12.8 Å². The number of carbonyl (C=O) groups excluding carboxylic acids is 1. The van der Waals surface area contributed by atoms with Crippen molar-refractivity contribution in [3.05, 3.63) is 88.8 Å². The summed E-state index contributed by atoms with van der Waals surface area (Å²) in [7, 11) is 0. The number of nitrogens with one attached hydrogen (secondary N) is 2. The predicted molar refractivity (Wildman–Crippen MR) is 126 cm³/mol. The third kappa shape index (κ3) is 6.31. The van der Waals surface area contributed by atoms with E-state index >= 15 is 0 Å². The molecule has 0 fully saturated rings. The Morgan fingerprint density at radius 1 is 1.00 bits per heavy atom. The van der Waals surface area contributed by atoms with Crippen molar-refractivity contribution in [3.63, 3.8) is 0 Å². The van der Waals surface area contributed by atoms with Crippen molar-refractivity contribution >= 4 is 28.7 Å². The number of rotatable bonds is 11. The van der Waals surface area contributed by atoms with Crippen molar-refractivity contribution < 1.29 is 4.79 Å². The summed E-state index contributed by atoms with van der Waals surface area (Å²) in [5, 5.41) is 12.1. The summed E-state index contributed by atoms with van der Waals surface area (Å²) < 4.78 is 0. The molecule has 0 aliphatic rings. The van der Waals surface area contributed by atoms with Gasteiger partial charge in [-0.25, -0.2) is 0 Å². The van der Waals surface area contributed by atoms with Crippen molar-refractivity contribution in [1.29, 1.82) is 5.26 Å². The van der Waals surface area contributed by atoms with Gasteiger partial charge in [0.05, 0.1) is 16.9 Å². The van der Waals surface area contributed by atoms with E-state index in [1.807, 2.05) is 48.5 Å². The average molecular weight is 428 g/mol. The van der Waals surface area contributed by atoms with Gasteiger partial charge in [0.2, 0.25) is 5.91 Å². The number of hydrogen-bond acceptors (Lipinski definition) is 7. The van der Waals surface area contributed by atoms with Crippen molar-refractivity contribution in [2.75, 3.05) is 28.8 Å². The molecular weight excluding hydrogens is 404 g/mol. The summed E-state index contributed by atoms with van der Waals surface area (Å²) in [4.78, 5) is 24.1. The Morgan fingerprint density at radius 3 is 2.41 bits per heavy atom. The lowest BCUT2D eigenvalue weighted by atomic mass is 10.1. The molecule has 4 N–H and O–H groups in total. The van der Waals surface area contributed by atoms with Crippen LogP contribution in [0, 0.1) is 16.2 Å². The number of nitrogens with zero attached hydrogens (tertiary/aromatic N) is 3. The smallest absolute Gasteiger partial charge is 0.219 e. The lowest BCUT2D eigenvalue weighted by Gasteiger charge is -2.25. The molecule has 3 aromatic carbocycles. The molecule has 0 spiro atoms. The van der Waals surface area contributed by atoms with E-state index < -0.39 is 0 Å². The first-order valence-electron chi connectivity index (χ1n) is 10.2. The largest absolute Gasteiger partial charge is 0.371 e. The maximum Gasteiger partial charge on any atom is 0.219 e. The number of benzene rings is 3. The molecule has 0 aliphatic carbocycles. The van der Waals surface area contributed by atoms with Crippen LogP contribution in [0.5, 0.6) is 0 Å². The minimum atomic E-state index is -0.332. The topological polar surface area (TPSA) is 124 Å². The first-order chi connectivity index (χ1) is 15.6. The molecule has 1 amide bonds. The summed E-state index contributed by atoms with van der Waals surface area (Å²) in [6.07, 6.45) is 1.13. The molecule has 0 bridgehead atoms. The predicted octanol–water partition coefficient (Wildman–Crippen LogP) is 4.32. The van der Waals surface area contributed by atoms with Gasteiger partial charge in [0, 0.05) is 25.2 Å². The van der Waals surface area contributed by atoms with E-state index in [1.54, 1.807) is 6.07 Å². The van der Waals surface area contributed by atoms with Crippen LogP contribution in [0.25, 0.3) is 0 Å². The van der Waals surface area contributed by atoms with E-state index in [1.165, 1.54) is 17.7 Å². The molecule has 3 aromatic rings. The number of nitriles is 1. The Morgan fingerprint density at radius 2 is 1.75 bits per heavy atom. The fourth-order valence-corrected chi connectivity index (χ4v) is 3.21. The van der Waals surface area contributed by atoms with Gasteiger partial charge in [-0.2, -0.15) is 5.26 Å². The molecule has 8 heteroatoms. The van der Waals surface area contributed by atoms with E-state index in [0.29, 0.717) is 17.8 Å². The van der Waals surface area contributed by atoms with Gasteiger partial charge in [-0.05, 0) is 59.6 Å². The second kappa shape index (κ2) is 11.1. The zero-order chi connectivity index (χ0) is 22.8. The second-order valence-corrected chi connectivity index (χ2v) is 7.17. The van der Waals surface area contributed by atoms with Crippen LogP contribution in [0.4, 0.5) is 22.7 Å². The van der Waals surface area contributed by atoms with Crippen LogP contribution in [0.3, 0.4) is 0 Å². The molecule has 0 radical (unpaired) electrons. The fraction of sp³-hybridized carbons (Fsp3) is 0.167. The molecule has 0 unspecified atom stereocenters. The molecular formula is C24H24N6O2. The lowest BCUT2D eigenvalue weighted by Crippen LogP contribution is -2.30. The van der Waals surface area contributed by atoms with Crippen molar-refractivity contribution in [2.24, 2.45) is 10.9 Å². The monoisotopic (exact) mass is 428 g/mol. The summed E-state index contributed by atoms with van der Waals surface area (Å²) in [5.74, 6) is -0.332. The zero-order valence-corrected chi connectivity index (χ0v) is 17.5. The molecule has 3 rings (SSSR count). The fourth-order valence-electron chi connectivity index (χ4n) is 3.21. The van der Waals surface area contributed by atoms with Crippen LogP contribution in [-0.2, 0) is 11.2 Å². The zero-order valence-electron chi connectivity index (χ0n) is 17.5. The molecule has 0 aliphatic heterocycles. The van der Waals surface area contributed by atoms with Gasteiger partial charge in [-0.1, -0.05) is 30.3 Å². The maximum absolute atomic E-state index is 11.3. The Labute approximate surface area is 186 Å². The van der Waals surface area contributed by atoms with Crippen LogP contribution in [-0.4, -0.2) is 19.0 Å². The number of nitroso groups, excluding NO2 is 1. The number of anilines is 3. The number of amides is 1. The third-order valence-corrected chi connectivity index (χ3v) is 4.94. The minimum absolute atomic E-state index is 0.197. The second-order valence-electron chi connectivity index (χ2n) is 7.17. The third-order valence-electron chi connectivity index (χ3n) is 4.94. The van der Waals surface area contributed by atoms with Crippen molar-refractivity contribution in [3.8, 4) is 6.07 Å². The quantitative estimate of drug-likeness (QED) is 0.309. The molecule has 8 nitrogen and oxygen atoms in total. The molecule has 0 heterocycles. The van der Waals surface area contributed by atoms with Gasteiger partial charge < -0.3 is 16.1 Å². The van der Waals surface area contributed by atoms with E-state index in [0.717, 1.165) is 24.3 Å². The van der Waals surface area contributed by atoms with Gasteiger partial charge in [0.25, 0.3) is 0 Å². The Balaban J connectivity index is 1.66. The van der Waals surface area contributed by atoms with E-state index in [-0.39, 0.29) is 18.0 Å². The molecule has 0 saturated heterocycles. The lowest BCUT2D eigenvalue weighted by molar-refractivity contribution is -0.117. The van der Waals surface area contributed by atoms with E-state index in [4.69, 9.17) is 5.73 Å². The molecule has 32 heavy (non-hydrogen) atoms. The highest BCUT2D eigenvalue weighted by molar-refractivity contribution is 5.74. The summed E-state index contributed by atoms with van der Waals surface area (Å²) >= 11 is 0. The molecule has 0 saturated carbocycles. The maximum atomic E-state index is 11.3. The average Bonchev–Trinajstić information content (AvgIpc) is 2.83. The van der Waals surface area contributed by atoms with Gasteiger partial charge in [-0.3, -0.25) is 10.2 Å². The number of hydrazine groups is 1. The molecule has 162 valence electrons. The summed E-state index contributed by atoms with van der Waals surface area (Å²) in [5.41, 5.74) is 15.4. The first-order valence-corrected chi connectivity index (χ1v) is 10.2. The summed E-state index contributed by atoms with van der Waals surface area (Å²) in [6.45, 7) is 1.29. The Bertz CT molecular complexity index is 1090. The Hall–Kier alpha value is -4.38. The van der Waals surface area contributed by atoms with E-state index in [9.17, 15) is 15.0 Å². The minimum Gasteiger partial charge on any atom is -0.371 e. The SMILES string of the molecule is N#Cc1cc(N=O)ccc1NNc1ccc(N(CCC(N)=O)CCc2ccccc2)cc1. The normalized spacial score (nSPS) is 10.1. The highest BCUT2D eigenvalue weighted by atomic mass is 16.3. The Kier molecular flexibility index (Phi) is 7.76. The highest BCUT2D eigenvalue weighted by Crippen LogP contribution is 2.23. The van der Waals surface area contributed by atoms with Gasteiger partial charge in [0.15, 0.2) is 0 Å². The van der Waals surface area contributed by atoms with Crippen LogP contribution >= 0.6 is 0 Å². The van der Waals surface area contributed by atoms with Gasteiger partial charge in [-0.15, -0.1) is 4.91 Å². The van der Waals surface area contributed by atoms with E-state index in [2.05, 4.69) is 33.1 Å². The van der Waals surface area contributed by atoms with Crippen LogP contribution in [0.1, 0.15) is 17.5 Å². The molecule has 0 atom stereocenters. The van der Waals surface area contributed by atoms with Crippen LogP contribution in [0.15, 0.2) is 78.0 Å². The van der Waals surface area contributed by atoms with Crippen molar-refractivity contribution in [1.82, 2.24) is 0 Å². The summed E-state index contributed by atoms with van der Waals surface area (Å²) in [6, 6.07) is 24.5. The van der Waals surface area contributed by atoms with Gasteiger partial charge >= 0.3 is 0 Å². The number of primary amides is 1. The van der Waals surface area contributed by atoms with Crippen LogP contribution in [0.2, 0.25) is 0 Å². The standard InChI is InChI=1S/C24H24N6O2/c25-17-19-16-21(29-32)8-11-23(19)28-27-20-6-9-22(10-7-20)30(15-13-24(26)31)14-12-18-4-2-1-3-5-18/h1-11,16,27-28H,12-15H2,(H2,26,31). The number of nitrogens with two attached hydrogens (primary N) is 1. The first kappa shape index (κ1) is 22.3. The number of carbonyl (C=O) groups is 1. The number of hydrogen-bond donors (Lipinski definition) is 3. The van der Waals surface area contributed by atoms with Crippen LogP contribution < -0.4 is 21.5 Å².